The van der Waals surface area contributed by atoms with Gasteiger partial charge in [-0.15, -0.1) is 0 Å². The summed E-state index contributed by atoms with van der Waals surface area (Å²) >= 11 is 0. The molecule has 0 N–H and O–H groups in total. The van der Waals surface area contributed by atoms with Crippen molar-refractivity contribution >= 4 is 0 Å². The number of rotatable bonds is 1. The summed E-state index contributed by atoms with van der Waals surface area (Å²) in [6, 6.07) is 0. The largest absolute Gasteiger partial charge is 0.0622 e. The van der Waals surface area contributed by atoms with Crippen molar-refractivity contribution in [3.05, 3.63) is 0 Å². The second-order valence-corrected chi connectivity index (χ2v) is 6.89. The fourth-order valence-corrected chi connectivity index (χ4v) is 4.06. The molecule has 88 valence electrons. The van der Waals surface area contributed by atoms with Gasteiger partial charge in [-0.2, -0.15) is 0 Å². The Balaban J connectivity index is 2.19. The molecule has 0 heterocycles. The molecule has 2 unspecified atom stereocenters. The van der Waals surface area contributed by atoms with Gasteiger partial charge < -0.3 is 0 Å². The molecular weight excluding hydrogens is 180 g/mol. The van der Waals surface area contributed by atoms with Gasteiger partial charge in [0, 0.05) is 0 Å². The van der Waals surface area contributed by atoms with E-state index >= 15 is 0 Å². The van der Waals surface area contributed by atoms with Crippen LogP contribution >= 0.6 is 0 Å². The molecule has 0 amide bonds. The number of fused-ring (bicyclic) bond motifs is 3. The van der Waals surface area contributed by atoms with Crippen LogP contribution in [0.2, 0.25) is 0 Å². The molecule has 0 heteroatoms. The first-order valence-electron chi connectivity index (χ1n) is 7.06. The second-order valence-electron chi connectivity index (χ2n) is 6.89. The summed E-state index contributed by atoms with van der Waals surface area (Å²) in [5.41, 5.74) is 1.43. The minimum absolute atomic E-state index is 0.705. The monoisotopic (exact) mass is 208 g/mol. The Labute approximate surface area is 95.8 Å². The smallest absolute Gasteiger partial charge is 0.0274 e. The molecule has 0 saturated heterocycles. The Bertz CT molecular complexity index is 218. The zero-order chi connectivity index (χ0) is 10.9. The quantitative estimate of drug-likeness (QED) is 0.557. The van der Waals surface area contributed by atoms with Gasteiger partial charge in [-0.1, -0.05) is 40.0 Å². The molecule has 0 nitrogen and oxygen atoms in total. The summed E-state index contributed by atoms with van der Waals surface area (Å²) in [7, 11) is 0. The van der Waals surface area contributed by atoms with E-state index in [0.717, 1.165) is 11.3 Å². The van der Waals surface area contributed by atoms with Crippen LogP contribution in [0, 0.1) is 16.7 Å². The van der Waals surface area contributed by atoms with Gasteiger partial charge in [0.2, 0.25) is 0 Å². The van der Waals surface area contributed by atoms with Crippen molar-refractivity contribution in [1.29, 1.82) is 0 Å². The van der Waals surface area contributed by atoms with Crippen LogP contribution in [0.15, 0.2) is 0 Å². The van der Waals surface area contributed by atoms with Gasteiger partial charge in [-0.05, 0) is 55.3 Å². The third-order valence-corrected chi connectivity index (χ3v) is 5.61. The highest BCUT2D eigenvalue weighted by molar-refractivity contribution is 4.91. The van der Waals surface area contributed by atoms with Gasteiger partial charge in [0.25, 0.3) is 0 Å². The van der Waals surface area contributed by atoms with E-state index < -0.39 is 0 Å². The molecule has 0 aromatic heterocycles. The van der Waals surface area contributed by atoms with Crippen molar-refractivity contribution in [2.24, 2.45) is 16.7 Å². The van der Waals surface area contributed by atoms with E-state index in [2.05, 4.69) is 20.8 Å². The predicted octanol–water partition coefficient (Wildman–Crippen LogP) is 5.17. The molecular formula is C15H28. The molecule has 0 radical (unpaired) electrons. The first-order valence-corrected chi connectivity index (χ1v) is 7.06. The van der Waals surface area contributed by atoms with Crippen LogP contribution in [0.4, 0.5) is 0 Å². The molecule has 15 heavy (non-hydrogen) atoms. The first kappa shape index (κ1) is 11.5. The van der Waals surface area contributed by atoms with Crippen molar-refractivity contribution < 1.29 is 0 Å². The fraction of sp³-hybridized carbons (Fsp3) is 1.00. The van der Waals surface area contributed by atoms with E-state index in [1.165, 1.54) is 57.8 Å². The van der Waals surface area contributed by atoms with Crippen LogP contribution in [-0.4, -0.2) is 0 Å². The highest BCUT2D eigenvalue weighted by atomic mass is 14.5. The van der Waals surface area contributed by atoms with Gasteiger partial charge in [-0.3, -0.25) is 0 Å². The zero-order valence-electron chi connectivity index (χ0n) is 10.9. The molecule has 2 atom stereocenters. The van der Waals surface area contributed by atoms with E-state index in [0.29, 0.717) is 5.41 Å². The molecule has 2 aliphatic rings. The van der Waals surface area contributed by atoms with Gasteiger partial charge in [-0.25, -0.2) is 0 Å². The Morgan fingerprint density at radius 3 is 2.07 bits per heavy atom. The first-order chi connectivity index (χ1) is 7.06. The van der Waals surface area contributed by atoms with Gasteiger partial charge in [0.1, 0.15) is 0 Å². The Hall–Kier alpha value is 0. The normalized spacial score (nSPS) is 42.4. The molecule has 2 fully saturated rings. The summed E-state index contributed by atoms with van der Waals surface area (Å²) in [5, 5.41) is 0. The average Bonchev–Trinajstić information content (AvgIpc) is 2.27. The van der Waals surface area contributed by atoms with Crippen LogP contribution in [0.3, 0.4) is 0 Å². The van der Waals surface area contributed by atoms with Crippen molar-refractivity contribution in [2.75, 3.05) is 0 Å². The lowest BCUT2D eigenvalue weighted by atomic mass is 9.65. The van der Waals surface area contributed by atoms with Crippen molar-refractivity contribution in [1.82, 2.24) is 0 Å². The Morgan fingerprint density at radius 1 is 0.733 bits per heavy atom. The van der Waals surface area contributed by atoms with E-state index in [4.69, 9.17) is 0 Å². The lowest BCUT2D eigenvalue weighted by Gasteiger charge is -2.40. The predicted molar refractivity (Wildman–Crippen MR) is 66.9 cm³/mol. The third-order valence-electron chi connectivity index (χ3n) is 5.61. The van der Waals surface area contributed by atoms with E-state index in [1.807, 2.05) is 0 Å². The summed E-state index contributed by atoms with van der Waals surface area (Å²) in [5.74, 6) is 0.901. The molecule has 0 aliphatic heterocycles. The van der Waals surface area contributed by atoms with Gasteiger partial charge in [0.05, 0.1) is 0 Å². The number of hydrogen-bond donors (Lipinski definition) is 0. The Morgan fingerprint density at radius 2 is 1.33 bits per heavy atom. The molecule has 2 aliphatic carbocycles. The SMILES string of the molecule is CC(C)C12CCCCC(C)(CCC1)CC2. The van der Waals surface area contributed by atoms with Crippen LogP contribution in [0.5, 0.6) is 0 Å². The highest BCUT2D eigenvalue weighted by Crippen LogP contribution is 2.52. The molecule has 2 saturated carbocycles. The maximum absolute atomic E-state index is 2.55. The summed E-state index contributed by atoms with van der Waals surface area (Å²) in [4.78, 5) is 0. The standard InChI is InChI=1S/C15H28/c1-13(2)15-9-5-4-7-14(3,11-12-15)8-6-10-15/h13H,4-12H2,1-3H3. The van der Waals surface area contributed by atoms with Crippen LogP contribution in [-0.2, 0) is 0 Å². The molecule has 0 aromatic carbocycles. The zero-order valence-corrected chi connectivity index (χ0v) is 10.9. The summed E-state index contributed by atoms with van der Waals surface area (Å²) in [6.45, 7) is 7.48. The minimum atomic E-state index is 0.705. The molecule has 0 spiro atoms. The molecule has 0 aromatic rings. The molecule has 2 bridgehead atoms. The third kappa shape index (κ3) is 2.24. The molecule has 2 rings (SSSR count). The van der Waals surface area contributed by atoms with Gasteiger partial charge >= 0.3 is 0 Å². The van der Waals surface area contributed by atoms with Crippen LogP contribution in [0.1, 0.15) is 78.6 Å². The van der Waals surface area contributed by atoms with E-state index in [1.54, 1.807) is 0 Å². The minimum Gasteiger partial charge on any atom is -0.0622 e. The topological polar surface area (TPSA) is 0 Å². The van der Waals surface area contributed by atoms with Crippen LogP contribution < -0.4 is 0 Å². The summed E-state index contributed by atoms with van der Waals surface area (Å²) in [6.07, 6.45) is 13.5. The van der Waals surface area contributed by atoms with Crippen LogP contribution in [0.25, 0.3) is 0 Å². The van der Waals surface area contributed by atoms with Gasteiger partial charge in [0.15, 0.2) is 0 Å². The van der Waals surface area contributed by atoms with Crippen molar-refractivity contribution in [3.63, 3.8) is 0 Å². The van der Waals surface area contributed by atoms with E-state index in [9.17, 15) is 0 Å². The Kier molecular flexibility index (Phi) is 3.14. The lowest BCUT2D eigenvalue weighted by molar-refractivity contribution is 0.112. The maximum Gasteiger partial charge on any atom is -0.0274 e. The van der Waals surface area contributed by atoms with E-state index in [-0.39, 0.29) is 0 Å². The van der Waals surface area contributed by atoms with Crippen molar-refractivity contribution in [2.45, 2.75) is 78.6 Å². The average molecular weight is 208 g/mol. The van der Waals surface area contributed by atoms with Crippen molar-refractivity contribution in [3.8, 4) is 0 Å². The highest BCUT2D eigenvalue weighted by Gasteiger charge is 2.40. The maximum atomic E-state index is 2.55. The number of hydrogen-bond acceptors (Lipinski definition) is 0. The second kappa shape index (κ2) is 4.11. The summed E-state index contributed by atoms with van der Waals surface area (Å²) < 4.78 is 0. The lowest BCUT2D eigenvalue weighted by Crippen LogP contribution is -2.29. The fourth-order valence-electron chi connectivity index (χ4n) is 4.06.